The van der Waals surface area contributed by atoms with Crippen LogP contribution >= 0.6 is 0 Å². The Morgan fingerprint density at radius 1 is 1.24 bits per heavy atom. The standard InChI is InChI=1S/C19H19FN4O/c1-13(23-19(25)11-15-6-8-16(20)9-7-15)17-12-22-24(14(17)2)18-5-3-4-10-21-18/h3-10,12-13H,11H2,1-2H3,(H,23,25). The van der Waals surface area contributed by atoms with Crippen LogP contribution in [0.5, 0.6) is 0 Å². The number of hydrogen-bond donors (Lipinski definition) is 1. The van der Waals surface area contributed by atoms with E-state index < -0.39 is 0 Å². The fourth-order valence-electron chi connectivity index (χ4n) is 2.72. The molecule has 2 heterocycles. The van der Waals surface area contributed by atoms with Crippen LogP contribution in [0.25, 0.3) is 5.82 Å². The highest BCUT2D eigenvalue weighted by Crippen LogP contribution is 2.19. The normalized spacial score (nSPS) is 12.0. The first-order chi connectivity index (χ1) is 12.0. The van der Waals surface area contributed by atoms with E-state index >= 15 is 0 Å². The summed E-state index contributed by atoms with van der Waals surface area (Å²) in [6.07, 6.45) is 3.66. The van der Waals surface area contributed by atoms with Crippen LogP contribution in [-0.4, -0.2) is 20.7 Å². The average molecular weight is 338 g/mol. The Morgan fingerprint density at radius 3 is 2.68 bits per heavy atom. The number of benzene rings is 1. The summed E-state index contributed by atoms with van der Waals surface area (Å²) in [6.45, 7) is 3.86. The zero-order chi connectivity index (χ0) is 17.8. The Morgan fingerprint density at radius 2 is 2.00 bits per heavy atom. The first-order valence-electron chi connectivity index (χ1n) is 8.04. The summed E-state index contributed by atoms with van der Waals surface area (Å²) in [5, 5.41) is 7.33. The van der Waals surface area contributed by atoms with Gasteiger partial charge in [-0.1, -0.05) is 18.2 Å². The zero-order valence-corrected chi connectivity index (χ0v) is 14.1. The molecule has 1 unspecified atom stereocenters. The molecule has 5 nitrogen and oxygen atoms in total. The van der Waals surface area contributed by atoms with Crippen LogP contribution in [0.3, 0.4) is 0 Å². The minimum atomic E-state index is -0.310. The van der Waals surface area contributed by atoms with E-state index in [0.29, 0.717) is 0 Å². The average Bonchev–Trinajstić information content (AvgIpc) is 2.99. The number of rotatable bonds is 5. The summed E-state index contributed by atoms with van der Waals surface area (Å²) in [6, 6.07) is 11.4. The largest absolute Gasteiger partial charge is 0.349 e. The van der Waals surface area contributed by atoms with Crippen molar-refractivity contribution in [3.8, 4) is 5.82 Å². The predicted octanol–water partition coefficient (Wildman–Crippen LogP) is 3.13. The van der Waals surface area contributed by atoms with Gasteiger partial charge in [-0.2, -0.15) is 5.10 Å². The van der Waals surface area contributed by atoms with Crippen molar-refractivity contribution in [1.29, 1.82) is 0 Å². The molecule has 0 aliphatic carbocycles. The lowest BCUT2D eigenvalue weighted by Crippen LogP contribution is -2.28. The third kappa shape index (κ3) is 3.91. The third-order valence-electron chi connectivity index (χ3n) is 4.04. The van der Waals surface area contributed by atoms with E-state index in [1.165, 1.54) is 12.1 Å². The second-order valence-corrected chi connectivity index (χ2v) is 5.88. The summed E-state index contributed by atoms with van der Waals surface area (Å²) < 4.78 is 14.7. The molecule has 25 heavy (non-hydrogen) atoms. The summed E-state index contributed by atoms with van der Waals surface area (Å²) >= 11 is 0. The number of nitrogens with zero attached hydrogens (tertiary/aromatic N) is 3. The highest BCUT2D eigenvalue weighted by Gasteiger charge is 2.16. The van der Waals surface area contributed by atoms with E-state index in [0.717, 1.165) is 22.6 Å². The maximum absolute atomic E-state index is 12.9. The molecule has 1 N–H and O–H groups in total. The molecule has 2 aromatic heterocycles. The molecule has 3 aromatic rings. The van der Waals surface area contributed by atoms with Crippen LogP contribution in [-0.2, 0) is 11.2 Å². The molecule has 1 amide bonds. The monoisotopic (exact) mass is 338 g/mol. The van der Waals surface area contributed by atoms with E-state index in [9.17, 15) is 9.18 Å². The number of amides is 1. The summed E-state index contributed by atoms with van der Waals surface area (Å²) in [4.78, 5) is 16.5. The van der Waals surface area contributed by atoms with Crippen molar-refractivity contribution >= 4 is 5.91 Å². The molecule has 6 heteroatoms. The molecule has 1 atom stereocenters. The van der Waals surface area contributed by atoms with Gasteiger partial charge >= 0.3 is 0 Å². The summed E-state index contributed by atoms with van der Waals surface area (Å²) in [7, 11) is 0. The fourth-order valence-corrected chi connectivity index (χ4v) is 2.72. The van der Waals surface area contributed by atoms with Crippen LogP contribution in [0.15, 0.2) is 54.9 Å². The van der Waals surface area contributed by atoms with Gasteiger partial charge in [-0.3, -0.25) is 4.79 Å². The number of nitrogens with one attached hydrogen (secondary N) is 1. The quantitative estimate of drug-likeness (QED) is 0.777. The molecule has 1 aromatic carbocycles. The molecule has 0 fully saturated rings. The predicted molar refractivity (Wildman–Crippen MR) is 92.8 cm³/mol. The fraction of sp³-hybridized carbons (Fsp3) is 0.211. The van der Waals surface area contributed by atoms with Crippen LogP contribution in [0, 0.1) is 12.7 Å². The highest BCUT2D eigenvalue weighted by molar-refractivity contribution is 5.79. The Kier molecular flexibility index (Phi) is 4.88. The topological polar surface area (TPSA) is 59.8 Å². The molecule has 0 radical (unpaired) electrons. The maximum atomic E-state index is 12.9. The van der Waals surface area contributed by atoms with Crippen molar-refractivity contribution < 1.29 is 9.18 Å². The van der Waals surface area contributed by atoms with Gasteiger partial charge in [-0.05, 0) is 43.7 Å². The molecule has 0 aliphatic heterocycles. The smallest absolute Gasteiger partial charge is 0.224 e. The maximum Gasteiger partial charge on any atom is 0.224 e. The SMILES string of the molecule is Cc1c(C(C)NC(=O)Cc2ccc(F)cc2)cnn1-c1ccccn1. The van der Waals surface area contributed by atoms with Gasteiger partial charge in [-0.15, -0.1) is 0 Å². The lowest BCUT2D eigenvalue weighted by Gasteiger charge is -2.14. The molecule has 0 saturated carbocycles. The second kappa shape index (κ2) is 7.25. The van der Waals surface area contributed by atoms with Crippen molar-refractivity contribution in [1.82, 2.24) is 20.1 Å². The van der Waals surface area contributed by atoms with E-state index in [4.69, 9.17) is 0 Å². The van der Waals surface area contributed by atoms with Crippen molar-refractivity contribution in [2.45, 2.75) is 26.3 Å². The Bertz CT molecular complexity index is 859. The van der Waals surface area contributed by atoms with E-state index in [2.05, 4.69) is 15.4 Å². The molecule has 3 rings (SSSR count). The van der Waals surface area contributed by atoms with Crippen LogP contribution in [0.1, 0.15) is 29.8 Å². The van der Waals surface area contributed by atoms with Gasteiger partial charge in [0, 0.05) is 17.5 Å². The molecule has 0 bridgehead atoms. The minimum absolute atomic E-state index is 0.121. The highest BCUT2D eigenvalue weighted by atomic mass is 19.1. The van der Waals surface area contributed by atoms with Gasteiger partial charge in [0.1, 0.15) is 5.82 Å². The van der Waals surface area contributed by atoms with E-state index in [1.54, 1.807) is 29.2 Å². The molecule has 0 aliphatic rings. The van der Waals surface area contributed by atoms with Crippen molar-refractivity contribution in [2.24, 2.45) is 0 Å². The van der Waals surface area contributed by atoms with Gasteiger partial charge in [0.05, 0.1) is 18.7 Å². The van der Waals surface area contributed by atoms with Gasteiger partial charge < -0.3 is 5.32 Å². The van der Waals surface area contributed by atoms with E-state index in [-0.39, 0.29) is 24.2 Å². The van der Waals surface area contributed by atoms with Gasteiger partial charge in [0.25, 0.3) is 0 Å². The number of aromatic nitrogens is 3. The van der Waals surface area contributed by atoms with Crippen LogP contribution in [0.2, 0.25) is 0 Å². The Balaban J connectivity index is 1.69. The number of pyridine rings is 1. The zero-order valence-electron chi connectivity index (χ0n) is 14.1. The summed E-state index contributed by atoms with van der Waals surface area (Å²) in [5.74, 6) is 0.301. The van der Waals surface area contributed by atoms with Gasteiger partial charge in [0.15, 0.2) is 5.82 Å². The number of carbonyl (C=O) groups is 1. The van der Waals surface area contributed by atoms with Crippen LogP contribution in [0.4, 0.5) is 4.39 Å². The summed E-state index contributed by atoms with van der Waals surface area (Å²) in [5.41, 5.74) is 2.62. The number of halogens is 1. The van der Waals surface area contributed by atoms with Crippen LogP contribution < -0.4 is 5.32 Å². The Hall–Kier alpha value is -3.02. The van der Waals surface area contributed by atoms with Crippen molar-refractivity contribution in [3.05, 3.63) is 77.5 Å². The molecule has 0 spiro atoms. The van der Waals surface area contributed by atoms with E-state index in [1.807, 2.05) is 32.0 Å². The lowest BCUT2D eigenvalue weighted by atomic mass is 10.1. The van der Waals surface area contributed by atoms with Crippen molar-refractivity contribution in [2.75, 3.05) is 0 Å². The molecular weight excluding hydrogens is 319 g/mol. The minimum Gasteiger partial charge on any atom is -0.349 e. The first-order valence-corrected chi connectivity index (χ1v) is 8.04. The molecule has 128 valence electrons. The van der Waals surface area contributed by atoms with Gasteiger partial charge in [-0.25, -0.2) is 14.1 Å². The molecular formula is C19H19FN4O. The number of carbonyl (C=O) groups excluding carboxylic acids is 1. The van der Waals surface area contributed by atoms with Gasteiger partial charge in [0.2, 0.25) is 5.91 Å². The van der Waals surface area contributed by atoms with Crippen molar-refractivity contribution in [3.63, 3.8) is 0 Å². The number of hydrogen-bond acceptors (Lipinski definition) is 3. The molecule has 0 saturated heterocycles. The first kappa shape index (κ1) is 16.8. The second-order valence-electron chi connectivity index (χ2n) is 5.88. The third-order valence-corrected chi connectivity index (χ3v) is 4.04. The lowest BCUT2D eigenvalue weighted by molar-refractivity contribution is -0.121. The Labute approximate surface area is 145 Å².